The minimum Gasteiger partial charge on any atom is -0.497 e. The molecule has 0 N–H and O–H groups in total. The predicted molar refractivity (Wildman–Crippen MR) is 119 cm³/mol. The zero-order chi connectivity index (χ0) is 22.5. The molecule has 0 fully saturated rings. The minimum atomic E-state index is -0.262. The molecule has 2 aromatic rings. The fourth-order valence-corrected chi connectivity index (χ4v) is 3.60. The fraction of sp³-hybridized carbons (Fsp3) is 0.375. The Kier molecular flexibility index (Phi) is 6.95. The van der Waals surface area contributed by atoms with Crippen LogP contribution in [0.1, 0.15) is 37.4 Å². The van der Waals surface area contributed by atoms with Crippen LogP contribution in [0.15, 0.2) is 53.6 Å². The molecule has 0 saturated heterocycles. The van der Waals surface area contributed by atoms with Crippen LogP contribution >= 0.6 is 0 Å². The number of hydrogen-bond donors (Lipinski definition) is 0. The maximum atomic E-state index is 13.2. The number of ether oxygens (including phenoxy) is 2. The third-order valence-electron chi connectivity index (χ3n) is 5.31. The van der Waals surface area contributed by atoms with Crippen molar-refractivity contribution in [2.24, 2.45) is 11.0 Å². The SMILES string of the molecule is COc1ccc([C@@H]2CC(c3cccc(OC)c3)=NN2C(=O)CN(C)C(=O)C(C)C)cc1. The molecule has 164 valence electrons. The molecule has 7 nitrogen and oxygen atoms in total. The van der Waals surface area contributed by atoms with Crippen LogP contribution in [0.3, 0.4) is 0 Å². The van der Waals surface area contributed by atoms with Crippen molar-refractivity contribution in [1.82, 2.24) is 9.91 Å². The number of methoxy groups -OCH3 is 2. The second-order valence-electron chi connectivity index (χ2n) is 7.86. The summed E-state index contributed by atoms with van der Waals surface area (Å²) in [5.41, 5.74) is 2.65. The Balaban J connectivity index is 1.91. The molecule has 2 aromatic carbocycles. The van der Waals surface area contributed by atoms with Gasteiger partial charge in [0.25, 0.3) is 5.91 Å². The first-order valence-corrected chi connectivity index (χ1v) is 10.3. The second kappa shape index (κ2) is 9.64. The molecule has 0 aliphatic carbocycles. The summed E-state index contributed by atoms with van der Waals surface area (Å²) in [5, 5.41) is 6.17. The molecule has 0 radical (unpaired) electrons. The minimum absolute atomic E-state index is 0.0292. The highest BCUT2D eigenvalue weighted by Gasteiger charge is 2.34. The van der Waals surface area contributed by atoms with Crippen molar-refractivity contribution < 1.29 is 19.1 Å². The van der Waals surface area contributed by atoms with E-state index in [9.17, 15) is 9.59 Å². The summed E-state index contributed by atoms with van der Waals surface area (Å²) in [6, 6.07) is 15.0. The maximum Gasteiger partial charge on any atom is 0.262 e. The molecule has 0 spiro atoms. The Morgan fingerprint density at radius 1 is 1.10 bits per heavy atom. The molecule has 1 aliphatic heterocycles. The van der Waals surface area contributed by atoms with E-state index in [0.717, 1.165) is 28.3 Å². The van der Waals surface area contributed by atoms with Gasteiger partial charge < -0.3 is 14.4 Å². The summed E-state index contributed by atoms with van der Waals surface area (Å²) in [6.07, 6.45) is 0.563. The summed E-state index contributed by atoms with van der Waals surface area (Å²) in [5.74, 6) is 0.995. The van der Waals surface area contributed by atoms with E-state index < -0.39 is 0 Å². The lowest BCUT2D eigenvalue weighted by Gasteiger charge is -2.25. The zero-order valence-corrected chi connectivity index (χ0v) is 18.7. The van der Waals surface area contributed by atoms with Gasteiger partial charge in [0.1, 0.15) is 18.0 Å². The number of carbonyl (C=O) groups excluding carboxylic acids is 2. The van der Waals surface area contributed by atoms with Gasteiger partial charge in [0.2, 0.25) is 5.91 Å². The third kappa shape index (κ3) is 5.05. The standard InChI is InChI=1S/C24H29N3O4/c1-16(2)24(29)26(3)15-23(28)27-22(17-9-11-19(30-4)12-10-17)14-21(25-27)18-7-6-8-20(13-18)31-5/h6-13,16,22H,14-15H2,1-5H3/t22-/m0/s1. The molecule has 1 atom stereocenters. The molecule has 1 heterocycles. The first kappa shape index (κ1) is 22.3. The predicted octanol–water partition coefficient (Wildman–Crippen LogP) is 3.50. The first-order chi connectivity index (χ1) is 14.8. The summed E-state index contributed by atoms with van der Waals surface area (Å²) in [7, 11) is 4.88. The molecular formula is C24H29N3O4. The number of hydrogen-bond acceptors (Lipinski definition) is 5. The number of rotatable bonds is 7. The molecule has 0 unspecified atom stereocenters. The summed E-state index contributed by atoms with van der Waals surface area (Å²) in [6.45, 7) is 3.61. The van der Waals surface area contributed by atoms with E-state index >= 15 is 0 Å². The molecular weight excluding hydrogens is 394 g/mol. The van der Waals surface area contributed by atoms with Crippen LogP contribution in [-0.2, 0) is 9.59 Å². The van der Waals surface area contributed by atoms with Crippen LogP contribution in [-0.4, -0.2) is 55.2 Å². The van der Waals surface area contributed by atoms with Gasteiger partial charge in [-0.2, -0.15) is 5.10 Å². The normalized spacial score (nSPS) is 15.6. The van der Waals surface area contributed by atoms with Crippen molar-refractivity contribution in [3.63, 3.8) is 0 Å². The molecule has 1 aliphatic rings. The van der Waals surface area contributed by atoms with Crippen molar-refractivity contribution in [2.75, 3.05) is 27.8 Å². The molecule has 31 heavy (non-hydrogen) atoms. The number of nitrogens with zero attached hydrogens (tertiary/aromatic N) is 3. The number of likely N-dealkylation sites (N-methyl/N-ethyl adjacent to an activating group) is 1. The summed E-state index contributed by atoms with van der Waals surface area (Å²) >= 11 is 0. The Bertz CT molecular complexity index is 969. The Morgan fingerprint density at radius 3 is 2.39 bits per heavy atom. The van der Waals surface area contributed by atoms with Gasteiger partial charge in [-0.05, 0) is 29.8 Å². The first-order valence-electron chi connectivity index (χ1n) is 10.3. The maximum absolute atomic E-state index is 13.2. The van der Waals surface area contributed by atoms with Gasteiger partial charge in [0.05, 0.1) is 26.0 Å². The molecule has 7 heteroatoms. The molecule has 2 amide bonds. The average Bonchev–Trinajstić information content (AvgIpc) is 3.24. The van der Waals surface area contributed by atoms with E-state index in [1.807, 2.05) is 62.4 Å². The van der Waals surface area contributed by atoms with E-state index in [2.05, 4.69) is 5.10 Å². The van der Waals surface area contributed by atoms with Crippen molar-refractivity contribution in [1.29, 1.82) is 0 Å². The van der Waals surface area contributed by atoms with Gasteiger partial charge >= 0.3 is 0 Å². The Labute approximate surface area is 183 Å². The van der Waals surface area contributed by atoms with Gasteiger partial charge in [-0.1, -0.05) is 38.1 Å². The van der Waals surface area contributed by atoms with Gasteiger partial charge in [-0.3, -0.25) is 9.59 Å². The number of benzene rings is 2. The van der Waals surface area contributed by atoms with Gasteiger partial charge in [-0.25, -0.2) is 5.01 Å². The number of amides is 2. The van der Waals surface area contributed by atoms with Crippen molar-refractivity contribution in [2.45, 2.75) is 26.3 Å². The van der Waals surface area contributed by atoms with Crippen molar-refractivity contribution >= 4 is 17.5 Å². The highest BCUT2D eigenvalue weighted by atomic mass is 16.5. The van der Waals surface area contributed by atoms with E-state index in [1.165, 1.54) is 9.91 Å². The summed E-state index contributed by atoms with van der Waals surface area (Å²) in [4.78, 5) is 26.9. The van der Waals surface area contributed by atoms with Gasteiger partial charge in [0, 0.05) is 24.9 Å². The monoisotopic (exact) mass is 423 g/mol. The lowest BCUT2D eigenvalue weighted by molar-refractivity contribution is -0.142. The smallest absolute Gasteiger partial charge is 0.262 e. The van der Waals surface area contributed by atoms with Crippen LogP contribution in [0.4, 0.5) is 0 Å². The quantitative estimate of drug-likeness (QED) is 0.683. The Hall–Kier alpha value is -3.35. The van der Waals surface area contributed by atoms with Crippen LogP contribution in [0, 0.1) is 5.92 Å². The highest BCUT2D eigenvalue weighted by Crippen LogP contribution is 2.34. The van der Waals surface area contributed by atoms with Crippen molar-refractivity contribution in [3.8, 4) is 11.5 Å². The molecule has 0 aromatic heterocycles. The average molecular weight is 424 g/mol. The third-order valence-corrected chi connectivity index (χ3v) is 5.31. The molecule has 0 saturated carbocycles. The van der Waals surface area contributed by atoms with Crippen LogP contribution in [0.25, 0.3) is 0 Å². The number of hydrazone groups is 1. The van der Waals surface area contributed by atoms with Crippen LogP contribution in [0.5, 0.6) is 11.5 Å². The lowest BCUT2D eigenvalue weighted by atomic mass is 9.98. The van der Waals surface area contributed by atoms with Gasteiger partial charge in [-0.15, -0.1) is 0 Å². The van der Waals surface area contributed by atoms with E-state index in [0.29, 0.717) is 6.42 Å². The van der Waals surface area contributed by atoms with Crippen LogP contribution < -0.4 is 9.47 Å². The van der Waals surface area contributed by atoms with Crippen LogP contribution in [0.2, 0.25) is 0 Å². The highest BCUT2D eigenvalue weighted by molar-refractivity contribution is 6.03. The zero-order valence-electron chi connectivity index (χ0n) is 18.7. The lowest BCUT2D eigenvalue weighted by Crippen LogP contribution is -2.40. The van der Waals surface area contributed by atoms with E-state index in [4.69, 9.17) is 9.47 Å². The topological polar surface area (TPSA) is 71.4 Å². The summed E-state index contributed by atoms with van der Waals surface area (Å²) < 4.78 is 10.6. The Morgan fingerprint density at radius 2 is 1.77 bits per heavy atom. The van der Waals surface area contributed by atoms with E-state index in [1.54, 1.807) is 21.3 Å². The molecule has 0 bridgehead atoms. The largest absolute Gasteiger partial charge is 0.497 e. The van der Waals surface area contributed by atoms with Crippen molar-refractivity contribution in [3.05, 3.63) is 59.7 Å². The number of carbonyl (C=O) groups is 2. The second-order valence-corrected chi connectivity index (χ2v) is 7.86. The van der Waals surface area contributed by atoms with Gasteiger partial charge in [0.15, 0.2) is 0 Å². The fourth-order valence-electron chi connectivity index (χ4n) is 3.60. The molecule has 3 rings (SSSR count). The van der Waals surface area contributed by atoms with E-state index in [-0.39, 0.29) is 30.3 Å².